The molecule has 0 aromatic carbocycles. The number of allylic oxidation sites excluding steroid dienone is 5. The number of alkyl halides is 5. The minimum Gasteiger partial charge on any atom is -0.496 e. The van der Waals surface area contributed by atoms with Gasteiger partial charge in [0, 0.05) is 12.1 Å². The van der Waals surface area contributed by atoms with Gasteiger partial charge in [0.2, 0.25) is 0 Å². The summed E-state index contributed by atoms with van der Waals surface area (Å²) in [4.78, 5) is 22.4. The molecule has 10 heteroatoms. The smallest absolute Gasteiger partial charge is 0.416 e. The van der Waals surface area contributed by atoms with E-state index in [4.69, 9.17) is 4.74 Å². The quantitative estimate of drug-likeness (QED) is 0.133. The Morgan fingerprint density at radius 1 is 1.21 bits per heavy atom. The molecule has 1 aliphatic rings. The van der Waals surface area contributed by atoms with Crippen LogP contribution in [0.1, 0.15) is 41.0 Å². The third-order valence-electron chi connectivity index (χ3n) is 5.16. The van der Waals surface area contributed by atoms with Crippen molar-refractivity contribution in [3.05, 3.63) is 47.4 Å². The molecule has 1 heterocycles. The van der Waals surface area contributed by atoms with Gasteiger partial charge in [-0.2, -0.15) is 13.2 Å². The highest BCUT2D eigenvalue weighted by Gasteiger charge is 2.47. The SMILES string of the molecule is C=C/C(=C\C=C(/C)OC[C@@H]1[C@H](C)CC(F)(F)CN1C(=O)/C(N=C(C)C)=C(/C)CN=C)C(F)(F)F. The van der Waals surface area contributed by atoms with E-state index in [1.54, 1.807) is 27.7 Å². The predicted molar refractivity (Wildman–Crippen MR) is 124 cm³/mol. The van der Waals surface area contributed by atoms with E-state index in [2.05, 4.69) is 23.3 Å². The molecule has 0 aromatic heterocycles. The molecule has 0 bridgehead atoms. The van der Waals surface area contributed by atoms with Crippen molar-refractivity contribution in [3.63, 3.8) is 0 Å². The Hall–Kier alpha value is -2.78. The van der Waals surface area contributed by atoms with Gasteiger partial charge in [0.15, 0.2) is 0 Å². The van der Waals surface area contributed by atoms with Crippen LogP contribution in [0.2, 0.25) is 0 Å². The van der Waals surface area contributed by atoms with Crippen molar-refractivity contribution in [3.8, 4) is 0 Å². The fourth-order valence-corrected chi connectivity index (χ4v) is 3.50. The second-order valence-electron chi connectivity index (χ2n) is 8.52. The van der Waals surface area contributed by atoms with Crippen LogP contribution in [0, 0.1) is 5.92 Å². The number of piperidine rings is 1. The summed E-state index contributed by atoms with van der Waals surface area (Å²) in [5.74, 6) is -4.30. The molecule has 0 unspecified atom stereocenters. The highest BCUT2D eigenvalue weighted by atomic mass is 19.4. The first-order valence-electron chi connectivity index (χ1n) is 10.7. The van der Waals surface area contributed by atoms with E-state index in [1.165, 1.54) is 6.92 Å². The maximum atomic E-state index is 14.4. The van der Waals surface area contributed by atoms with Gasteiger partial charge < -0.3 is 9.64 Å². The molecule has 0 aromatic rings. The molecular formula is C24H32F5N3O2. The Kier molecular flexibility index (Phi) is 10.4. The number of hydrogen-bond donors (Lipinski definition) is 0. The van der Waals surface area contributed by atoms with E-state index in [0.717, 1.165) is 17.1 Å². The molecule has 1 fully saturated rings. The van der Waals surface area contributed by atoms with Crippen molar-refractivity contribution in [2.75, 3.05) is 19.7 Å². The number of rotatable bonds is 9. The van der Waals surface area contributed by atoms with Crippen molar-refractivity contribution in [1.29, 1.82) is 0 Å². The van der Waals surface area contributed by atoms with Gasteiger partial charge >= 0.3 is 6.18 Å². The first kappa shape index (κ1) is 29.3. The van der Waals surface area contributed by atoms with Gasteiger partial charge in [-0.15, -0.1) is 0 Å². The lowest BCUT2D eigenvalue weighted by molar-refractivity contribution is -0.152. The van der Waals surface area contributed by atoms with E-state index in [0.29, 0.717) is 17.4 Å². The van der Waals surface area contributed by atoms with Crippen molar-refractivity contribution < 1.29 is 31.5 Å². The number of amides is 1. The standard InChI is InChI=1S/C24H32F5N3O2/c1-8-19(24(27,28)29)10-9-18(6)34-13-20-16(4)11-23(25,26)14-32(20)22(33)21(31-15(2)3)17(5)12-30-7/h8-10,16,20H,1,7,11-14H2,2-6H3/b18-9+,19-10+,21-17+/t16-,20-/m1/s1. The van der Waals surface area contributed by atoms with Crippen LogP contribution in [0.3, 0.4) is 0 Å². The van der Waals surface area contributed by atoms with Gasteiger partial charge in [-0.05, 0) is 58.1 Å². The number of aliphatic imine (C=N–C) groups is 2. The molecule has 34 heavy (non-hydrogen) atoms. The second kappa shape index (κ2) is 12.1. The fourth-order valence-electron chi connectivity index (χ4n) is 3.50. The van der Waals surface area contributed by atoms with Crippen molar-refractivity contribution in [2.45, 2.75) is 59.2 Å². The Balaban J connectivity index is 3.26. The normalized spacial score (nSPS) is 22.0. The summed E-state index contributed by atoms with van der Waals surface area (Å²) in [6, 6.07) is -0.743. The summed E-state index contributed by atoms with van der Waals surface area (Å²) in [6.07, 6.45) is -2.40. The summed E-state index contributed by atoms with van der Waals surface area (Å²) in [5, 5.41) is 0. The molecule has 1 rings (SSSR count). The van der Waals surface area contributed by atoms with Gasteiger partial charge in [0.05, 0.1) is 30.5 Å². The molecule has 0 radical (unpaired) electrons. The summed E-state index contributed by atoms with van der Waals surface area (Å²) < 4.78 is 73.0. The molecule has 0 saturated carbocycles. The average Bonchev–Trinajstić information content (AvgIpc) is 2.69. The zero-order valence-corrected chi connectivity index (χ0v) is 20.2. The molecule has 5 nitrogen and oxygen atoms in total. The molecule has 0 N–H and O–H groups in total. The molecule has 190 valence electrons. The van der Waals surface area contributed by atoms with Crippen LogP contribution in [0.25, 0.3) is 0 Å². The van der Waals surface area contributed by atoms with Gasteiger partial charge in [0.1, 0.15) is 12.3 Å². The average molecular weight is 490 g/mol. The van der Waals surface area contributed by atoms with Crippen LogP contribution in [-0.2, 0) is 9.53 Å². The Morgan fingerprint density at radius 3 is 2.32 bits per heavy atom. The van der Waals surface area contributed by atoms with Crippen LogP contribution < -0.4 is 0 Å². The van der Waals surface area contributed by atoms with Crippen LogP contribution in [0.5, 0.6) is 0 Å². The van der Waals surface area contributed by atoms with Crippen LogP contribution in [-0.4, -0.2) is 61.1 Å². The highest BCUT2D eigenvalue weighted by molar-refractivity contribution is 5.97. The molecular weight excluding hydrogens is 457 g/mol. The maximum absolute atomic E-state index is 14.4. The number of carbonyl (C=O) groups excluding carboxylic acids is 1. The van der Waals surface area contributed by atoms with E-state index < -0.39 is 48.5 Å². The lowest BCUT2D eigenvalue weighted by atomic mass is 9.88. The lowest BCUT2D eigenvalue weighted by Crippen LogP contribution is -2.57. The minimum absolute atomic E-state index is 0.0123. The number of halogens is 5. The summed E-state index contributed by atoms with van der Waals surface area (Å²) in [6.45, 7) is 13.7. The van der Waals surface area contributed by atoms with Crippen LogP contribution in [0.15, 0.2) is 57.4 Å². The molecule has 0 aliphatic carbocycles. The lowest BCUT2D eigenvalue weighted by Gasteiger charge is -2.43. The van der Waals surface area contributed by atoms with Gasteiger partial charge in [-0.25, -0.2) is 8.78 Å². The number of likely N-dealkylation sites (tertiary alicyclic amines) is 1. The fraction of sp³-hybridized carbons (Fsp3) is 0.542. The summed E-state index contributed by atoms with van der Waals surface area (Å²) in [7, 11) is 0. The molecule has 1 saturated heterocycles. The zero-order chi connectivity index (χ0) is 26.3. The van der Waals surface area contributed by atoms with E-state index in [9.17, 15) is 26.7 Å². The Bertz CT molecular complexity index is 897. The molecule has 0 spiro atoms. The zero-order valence-electron chi connectivity index (χ0n) is 20.2. The summed E-state index contributed by atoms with van der Waals surface area (Å²) >= 11 is 0. The third-order valence-corrected chi connectivity index (χ3v) is 5.16. The number of nitrogens with zero attached hydrogens (tertiary/aromatic N) is 3. The topological polar surface area (TPSA) is 54.3 Å². The number of ether oxygens (including phenoxy) is 1. The minimum atomic E-state index is -4.57. The van der Waals surface area contributed by atoms with Crippen LogP contribution >= 0.6 is 0 Å². The van der Waals surface area contributed by atoms with E-state index in [-0.39, 0.29) is 24.6 Å². The first-order valence-corrected chi connectivity index (χ1v) is 10.7. The Morgan fingerprint density at radius 2 is 1.82 bits per heavy atom. The predicted octanol–water partition coefficient (Wildman–Crippen LogP) is 5.91. The van der Waals surface area contributed by atoms with Gasteiger partial charge in [-0.3, -0.25) is 14.8 Å². The Labute approximate surface area is 197 Å². The van der Waals surface area contributed by atoms with Crippen LogP contribution in [0.4, 0.5) is 22.0 Å². The van der Waals surface area contributed by atoms with E-state index >= 15 is 0 Å². The third kappa shape index (κ3) is 8.53. The van der Waals surface area contributed by atoms with Crippen molar-refractivity contribution in [1.82, 2.24) is 4.90 Å². The van der Waals surface area contributed by atoms with E-state index in [1.807, 2.05) is 0 Å². The molecule has 1 amide bonds. The first-order chi connectivity index (χ1) is 15.6. The second-order valence-corrected chi connectivity index (χ2v) is 8.52. The summed E-state index contributed by atoms with van der Waals surface area (Å²) in [5.41, 5.74) is 0.0995. The number of carbonyl (C=O) groups is 1. The van der Waals surface area contributed by atoms with Gasteiger partial charge in [-0.1, -0.05) is 19.6 Å². The molecule has 1 aliphatic heterocycles. The van der Waals surface area contributed by atoms with Crippen molar-refractivity contribution >= 4 is 18.3 Å². The number of hydrogen-bond acceptors (Lipinski definition) is 4. The van der Waals surface area contributed by atoms with Crippen molar-refractivity contribution in [2.24, 2.45) is 15.9 Å². The highest BCUT2D eigenvalue weighted by Crippen LogP contribution is 2.36. The molecule has 2 atom stereocenters. The van der Waals surface area contributed by atoms with Gasteiger partial charge in [0.25, 0.3) is 11.8 Å². The maximum Gasteiger partial charge on any atom is 0.416 e. The monoisotopic (exact) mass is 489 g/mol. The largest absolute Gasteiger partial charge is 0.496 e.